The number of nitrogens with one attached hydrogen (secondary N) is 1. The van der Waals surface area contributed by atoms with E-state index in [1.165, 1.54) is 12.7 Å². The van der Waals surface area contributed by atoms with Crippen molar-refractivity contribution in [1.29, 1.82) is 0 Å². The Morgan fingerprint density at radius 1 is 1.23 bits per heavy atom. The minimum absolute atomic E-state index is 0.0956. The number of rotatable bonds is 7. The fraction of sp³-hybridized carbons (Fsp3) is 0.600. The topological polar surface area (TPSA) is 63.2 Å². The van der Waals surface area contributed by atoms with E-state index in [1.54, 1.807) is 0 Å². The zero-order valence-electron chi connectivity index (χ0n) is 16.3. The third-order valence-electron chi connectivity index (χ3n) is 4.66. The Morgan fingerprint density at radius 3 is 2.54 bits per heavy atom. The van der Waals surface area contributed by atoms with Crippen LogP contribution in [0.25, 0.3) is 0 Å². The summed E-state index contributed by atoms with van der Waals surface area (Å²) in [6.07, 6.45) is 0. The van der Waals surface area contributed by atoms with Gasteiger partial charge in [0.05, 0.1) is 26.2 Å². The molecule has 0 amide bonds. The smallest absolute Gasteiger partial charge is 0.310 e. The van der Waals surface area contributed by atoms with Crippen molar-refractivity contribution in [3.8, 4) is 0 Å². The molecule has 6 heteroatoms. The molecule has 0 bridgehead atoms. The van der Waals surface area contributed by atoms with Crippen LogP contribution in [0.5, 0.6) is 0 Å². The van der Waals surface area contributed by atoms with Crippen LogP contribution in [0.2, 0.25) is 0 Å². The van der Waals surface area contributed by atoms with E-state index in [2.05, 4.69) is 48.3 Å². The Balaban J connectivity index is 2.01. The SMILES string of the molecule is CCNC(=NCc1ccc(COCC)cc1)N1CC(C)C(C(=O)OC)C1. The number of esters is 1. The third kappa shape index (κ3) is 5.46. The van der Waals surface area contributed by atoms with Crippen LogP contribution in [-0.4, -0.2) is 50.2 Å². The summed E-state index contributed by atoms with van der Waals surface area (Å²) in [5.74, 6) is 0.871. The molecule has 2 unspecified atom stereocenters. The first kappa shape index (κ1) is 20.2. The number of guanidine groups is 1. The number of carbonyl (C=O) groups is 1. The monoisotopic (exact) mass is 361 g/mol. The number of likely N-dealkylation sites (tertiary alicyclic amines) is 1. The molecular weight excluding hydrogens is 330 g/mol. The maximum atomic E-state index is 11.9. The number of hydrogen-bond donors (Lipinski definition) is 1. The zero-order valence-corrected chi connectivity index (χ0v) is 16.3. The molecule has 1 aromatic carbocycles. The van der Waals surface area contributed by atoms with Gasteiger partial charge in [0.25, 0.3) is 0 Å². The third-order valence-corrected chi connectivity index (χ3v) is 4.66. The highest BCUT2D eigenvalue weighted by Gasteiger charge is 2.36. The Bertz CT molecular complexity index is 601. The normalized spacial score (nSPS) is 20.3. The molecule has 1 aliphatic rings. The van der Waals surface area contributed by atoms with E-state index in [9.17, 15) is 4.79 Å². The summed E-state index contributed by atoms with van der Waals surface area (Å²) in [6.45, 7) is 10.3. The maximum absolute atomic E-state index is 11.9. The van der Waals surface area contributed by atoms with Crippen LogP contribution >= 0.6 is 0 Å². The first-order valence-electron chi connectivity index (χ1n) is 9.35. The zero-order chi connectivity index (χ0) is 18.9. The number of hydrogen-bond acceptors (Lipinski definition) is 4. The van der Waals surface area contributed by atoms with Crippen LogP contribution in [0.3, 0.4) is 0 Å². The molecule has 1 fully saturated rings. The fourth-order valence-electron chi connectivity index (χ4n) is 3.15. The molecule has 0 saturated carbocycles. The first-order valence-corrected chi connectivity index (χ1v) is 9.35. The second-order valence-electron chi connectivity index (χ2n) is 6.64. The Morgan fingerprint density at radius 2 is 1.92 bits per heavy atom. The van der Waals surface area contributed by atoms with Crippen LogP contribution in [-0.2, 0) is 27.4 Å². The molecule has 2 atom stereocenters. The van der Waals surface area contributed by atoms with Crippen LogP contribution in [0.15, 0.2) is 29.3 Å². The van der Waals surface area contributed by atoms with Crippen molar-refractivity contribution in [3.63, 3.8) is 0 Å². The summed E-state index contributed by atoms with van der Waals surface area (Å²) < 4.78 is 10.3. The molecule has 1 saturated heterocycles. The van der Waals surface area contributed by atoms with Crippen molar-refractivity contribution >= 4 is 11.9 Å². The summed E-state index contributed by atoms with van der Waals surface area (Å²) in [6, 6.07) is 8.34. The van der Waals surface area contributed by atoms with Gasteiger partial charge >= 0.3 is 5.97 Å². The lowest BCUT2D eigenvalue weighted by molar-refractivity contribution is -0.145. The largest absolute Gasteiger partial charge is 0.469 e. The highest BCUT2D eigenvalue weighted by Crippen LogP contribution is 2.24. The lowest BCUT2D eigenvalue weighted by Crippen LogP contribution is -2.40. The van der Waals surface area contributed by atoms with Crippen molar-refractivity contribution < 1.29 is 14.3 Å². The van der Waals surface area contributed by atoms with Gasteiger partial charge in [-0.15, -0.1) is 0 Å². The maximum Gasteiger partial charge on any atom is 0.310 e. The quantitative estimate of drug-likeness (QED) is 0.459. The fourth-order valence-corrected chi connectivity index (χ4v) is 3.15. The number of aliphatic imine (C=N–C) groups is 1. The van der Waals surface area contributed by atoms with Gasteiger partial charge in [-0.05, 0) is 30.9 Å². The second-order valence-corrected chi connectivity index (χ2v) is 6.64. The van der Waals surface area contributed by atoms with E-state index in [1.807, 2.05) is 6.92 Å². The molecule has 26 heavy (non-hydrogen) atoms. The van der Waals surface area contributed by atoms with Crippen molar-refractivity contribution in [2.24, 2.45) is 16.8 Å². The molecule has 6 nitrogen and oxygen atoms in total. The van der Waals surface area contributed by atoms with Crippen molar-refractivity contribution in [3.05, 3.63) is 35.4 Å². The van der Waals surface area contributed by atoms with Gasteiger partial charge in [-0.2, -0.15) is 0 Å². The van der Waals surface area contributed by atoms with Crippen molar-refractivity contribution in [2.45, 2.75) is 33.9 Å². The van der Waals surface area contributed by atoms with Crippen LogP contribution in [0, 0.1) is 11.8 Å². The molecule has 1 aromatic rings. The molecular formula is C20H31N3O3. The second kappa shape index (κ2) is 10.2. The minimum atomic E-state index is -0.138. The van der Waals surface area contributed by atoms with E-state index in [0.717, 1.165) is 31.2 Å². The summed E-state index contributed by atoms with van der Waals surface area (Å²) in [5, 5.41) is 3.34. The van der Waals surface area contributed by atoms with Crippen LogP contribution in [0.4, 0.5) is 0 Å². The molecule has 0 aliphatic carbocycles. The highest BCUT2D eigenvalue weighted by atomic mass is 16.5. The Hall–Kier alpha value is -2.08. The molecule has 144 valence electrons. The average Bonchev–Trinajstić information content (AvgIpc) is 3.05. The van der Waals surface area contributed by atoms with Crippen LogP contribution < -0.4 is 5.32 Å². The summed E-state index contributed by atoms with van der Waals surface area (Å²) in [7, 11) is 1.45. The van der Waals surface area contributed by atoms with E-state index < -0.39 is 0 Å². The van der Waals surface area contributed by atoms with Gasteiger partial charge in [-0.3, -0.25) is 4.79 Å². The summed E-state index contributed by atoms with van der Waals surface area (Å²) in [4.78, 5) is 18.8. The van der Waals surface area contributed by atoms with Gasteiger partial charge in [0.15, 0.2) is 5.96 Å². The van der Waals surface area contributed by atoms with Gasteiger partial charge in [-0.1, -0.05) is 31.2 Å². The standard InChI is InChI=1S/C20H31N3O3/c1-5-21-20(23-12-15(3)18(13-23)19(24)25-4)22-11-16-7-9-17(10-8-16)14-26-6-2/h7-10,15,18H,5-6,11-14H2,1-4H3,(H,21,22). The predicted octanol–water partition coefficient (Wildman–Crippen LogP) is 2.43. The molecule has 1 aliphatic heterocycles. The number of methoxy groups -OCH3 is 1. The first-order chi connectivity index (χ1) is 12.6. The van der Waals surface area contributed by atoms with Gasteiger partial charge in [-0.25, -0.2) is 4.99 Å². The number of nitrogens with zero attached hydrogens (tertiary/aromatic N) is 2. The number of benzene rings is 1. The lowest BCUT2D eigenvalue weighted by Gasteiger charge is -2.21. The highest BCUT2D eigenvalue weighted by molar-refractivity contribution is 5.82. The minimum Gasteiger partial charge on any atom is -0.469 e. The molecule has 0 spiro atoms. The van der Waals surface area contributed by atoms with Crippen molar-refractivity contribution in [1.82, 2.24) is 10.2 Å². The van der Waals surface area contributed by atoms with E-state index in [-0.39, 0.29) is 17.8 Å². The molecule has 0 radical (unpaired) electrons. The molecule has 1 N–H and O–H groups in total. The number of carbonyl (C=O) groups excluding carboxylic acids is 1. The summed E-state index contributed by atoms with van der Waals surface area (Å²) in [5.41, 5.74) is 2.32. The average molecular weight is 361 g/mol. The van der Waals surface area contributed by atoms with E-state index >= 15 is 0 Å². The van der Waals surface area contributed by atoms with Gasteiger partial charge in [0.1, 0.15) is 0 Å². The van der Waals surface area contributed by atoms with Crippen LogP contribution in [0.1, 0.15) is 31.9 Å². The van der Waals surface area contributed by atoms with Gasteiger partial charge in [0, 0.05) is 26.2 Å². The number of ether oxygens (including phenoxy) is 2. The van der Waals surface area contributed by atoms with E-state index in [0.29, 0.717) is 19.7 Å². The summed E-state index contributed by atoms with van der Waals surface area (Å²) >= 11 is 0. The van der Waals surface area contributed by atoms with Crippen molar-refractivity contribution in [2.75, 3.05) is 33.4 Å². The van der Waals surface area contributed by atoms with Gasteiger partial charge in [0.2, 0.25) is 0 Å². The molecule has 1 heterocycles. The van der Waals surface area contributed by atoms with Gasteiger partial charge < -0.3 is 19.7 Å². The predicted molar refractivity (Wildman–Crippen MR) is 103 cm³/mol. The lowest BCUT2D eigenvalue weighted by atomic mass is 9.99. The Labute approximate surface area is 156 Å². The Kier molecular flexibility index (Phi) is 7.91. The molecule has 2 rings (SSSR count). The molecule has 0 aromatic heterocycles. The van der Waals surface area contributed by atoms with E-state index in [4.69, 9.17) is 14.5 Å².